The fourth-order valence-corrected chi connectivity index (χ4v) is 2.11. The molecule has 0 aliphatic carbocycles. The third-order valence-corrected chi connectivity index (χ3v) is 3.33. The zero-order chi connectivity index (χ0) is 18.1. The quantitative estimate of drug-likeness (QED) is 0.599. The van der Waals surface area contributed by atoms with E-state index in [1.165, 1.54) is 0 Å². The van der Waals surface area contributed by atoms with Gasteiger partial charge in [0, 0.05) is 12.2 Å². The lowest BCUT2D eigenvalue weighted by atomic mass is 10.2. The lowest BCUT2D eigenvalue weighted by Crippen LogP contribution is -2.27. The molecule has 0 bridgehead atoms. The highest BCUT2D eigenvalue weighted by atomic mass is 16.5. The molecular formula is C19H20N2O4. The number of esters is 1. The Morgan fingerprint density at radius 2 is 1.60 bits per heavy atom. The summed E-state index contributed by atoms with van der Waals surface area (Å²) in [6, 6.07) is 15.7. The number of benzene rings is 2. The van der Waals surface area contributed by atoms with Crippen LogP contribution in [0.25, 0.3) is 0 Å². The molecule has 2 aromatic rings. The highest BCUT2D eigenvalue weighted by Gasteiger charge is 2.10. The molecule has 0 saturated carbocycles. The molecule has 0 aliphatic rings. The smallest absolute Gasteiger partial charge is 0.338 e. The van der Waals surface area contributed by atoms with E-state index < -0.39 is 11.9 Å². The number of anilines is 1. The Hall–Kier alpha value is -3.15. The molecule has 0 unspecified atom stereocenters. The SMILES string of the molecule is CCOC(=O)c1ccc(NC(=O)CC(=O)NCc2ccccc2)cc1. The Bertz CT molecular complexity index is 727. The van der Waals surface area contributed by atoms with Crippen molar-refractivity contribution in [2.75, 3.05) is 11.9 Å². The maximum absolute atomic E-state index is 11.9. The topological polar surface area (TPSA) is 84.5 Å². The fourth-order valence-electron chi connectivity index (χ4n) is 2.11. The molecule has 0 saturated heterocycles. The van der Waals surface area contributed by atoms with Crippen molar-refractivity contribution in [1.82, 2.24) is 5.32 Å². The summed E-state index contributed by atoms with van der Waals surface area (Å²) in [6.07, 6.45) is -0.271. The van der Waals surface area contributed by atoms with E-state index >= 15 is 0 Å². The highest BCUT2D eigenvalue weighted by Crippen LogP contribution is 2.11. The first-order valence-electron chi connectivity index (χ1n) is 7.96. The van der Waals surface area contributed by atoms with E-state index in [1.54, 1.807) is 31.2 Å². The minimum Gasteiger partial charge on any atom is -0.462 e. The van der Waals surface area contributed by atoms with Crippen LogP contribution in [-0.2, 0) is 20.9 Å². The first-order valence-corrected chi connectivity index (χ1v) is 7.96. The lowest BCUT2D eigenvalue weighted by Gasteiger charge is -2.07. The van der Waals surface area contributed by atoms with Crippen LogP contribution in [-0.4, -0.2) is 24.4 Å². The van der Waals surface area contributed by atoms with Gasteiger partial charge in [-0.05, 0) is 36.8 Å². The van der Waals surface area contributed by atoms with Crippen molar-refractivity contribution in [3.05, 3.63) is 65.7 Å². The largest absolute Gasteiger partial charge is 0.462 e. The molecule has 0 aliphatic heterocycles. The maximum atomic E-state index is 11.9. The number of rotatable bonds is 7. The average molecular weight is 340 g/mol. The maximum Gasteiger partial charge on any atom is 0.338 e. The van der Waals surface area contributed by atoms with Crippen LogP contribution < -0.4 is 10.6 Å². The minimum atomic E-state index is -0.422. The average Bonchev–Trinajstić information content (AvgIpc) is 2.61. The Morgan fingerprint density at radius 3 is 2.24 bits per heavy atom. The molecule has 0 spiro atoms. The minimum absolute atomic E-state index is 0.271. The predicted molar refractivity (Wildman–Crippen MR) is 93.9 cm³/mol. The summed E-state index contributed by atoms with van der Waals surface area (Å²) < 4.78 is 4.89. The van der Waals surface area contributed by atoms with Gasteiger partial charge in [0.1, 0.15) is 6.42 Å². The summed E-state index contributed by atoms with van der Waals surface area (Å²) in [4.78, 5) is 35.2. The summed E-state index contributed by atoms with van der Waals surface area (Å²) in [5.41, 5.74) is 1.88. The summed E-state index contributed by atoms with van der Waals surface area (Å²) in [6.45, 7) is 2.41. The van der Waals surface area contributed by atoms with Crippen LogP contribution in [0, 0.1) is 0 Å². The van der Waals surface area contributed by atoms with E-state index in [-0.39, 0.29) is 12.3 Å². The van der Waals surface area contributed by atoms with Crippen LogP contribution >= 0.6 is 0 Å². The van der Waals surface area contributed by atoms with Gasteiger partial charge in [-0.2, -0.15) is 0 Å². The molecule has 130 valence electrons. The Kier molecular flexibility index (Phi) is 6.71. The van der Waals surface area contributed by atoms with E-state index in [4.69, 9.17) is 4.74 Å². The molecule has 0 fully saturated rings. The van der Waals surface area contributed by atoms with Gasteiger partial charge >= 0.3 is 5.97 Å². The second-order valence-corrected chi connectivity index (χ2v) is 5.29. The standard InChI is InChI=1S/C19H20N2O4/c1-2-25-19(24)15-8-10-16(11-9-15)21-18(23)12-17(22)20-13-14-6-4-3-5-7-14/h3-11H,2,12-13H2,1H3,(H,20,22)(H,21,23). The summed E-state index contributed by atoms with van der Waals surface area (Å²) >= 11 is 0. The zero-order valence-electron chi connectivity index (χ0n) is 14.0. The Balaban J connectivity index is 1.79. The van der Waals surface area contributed by atoms with Gasteiger partial charge in [-0.25, -0.2) is 4.79 Å². The van der Waals surface area contributed by atoms with Gasteiger partial charge < -0.3 is 15.4 Å². The molecule has 2 aromatic carbocycles. The zero-order valence-corrected chi connectivity index (χ0v) is 14.0. The molecule has 0 aromatic heterocycles. The second-order valence-electron chi connectivity index (χ2n) is 5.29. The van der Waals surface area contributed by atoms with Crippen LogP contribution in [0.15, 0.2) is 54.6 Å². The van der Waals surface area contributed by atoms with Crippen molar-refractivity contribution < 1.29 is 19.1 Å². The molecule has 2 rings (SSSR count). The number of ether oxygens (including phenoxy) is 1. The van der Waals surface area contributed by atoms with E-state index in [2.05, 4.69) is 10.6 Å². The normalized spacial score (nSPS) is 9.96. The first-order chi connectivity index (χ1) is 12.1. The lowest BCUT2D eigenvalue weighted by molar-refractivity contribution is -0.126. The predicted octanol–water partition coefficient (Wildman–Crippen LogP) is 2.51. The van der Waals surface area contributed by atoms with Crippen molar-refractivity contribution in [2.45, 2.75) is 19.9 Å². The van der Waals surface area contributed by atoms with E-state index in [9.17, 15) is 14.4 Å². The molecule has 0 heterocycles. The van der Waals surface area contributed by atoms with Crippen LogP contribution in [0.3, 0.4) is 0 Å². The third kappa shape index (κ3) is 6.10. The van der Waals surface area contributed by atoms with Crippen LogP contribution in [0.5, 0.6) is 0 Å². The van der Waals surface area contributed by atoms with Gasteiger partial charge in [-0.3, -0.25) is 9.59 Å². The van der Waals surface area contributed by atoms with E-state index in [0.29, 0.717) is 24.4 Å². The summed E-state index contributed by atoms with van der Waals surface area (Å²) in [5.74, 6) is -1.19. The third-order valence-electron chi connectivity index (χ3n) is 3.33. The van der Waals surface area contributed by atoms with Crippen LogP contribution in [0.2, 0.25) is 0 Å². The van der Waals surface area contributed by atoms with Crippen molar-refractivity contribution in [1.29, 1.82) is 0 Å². The number of amides is 2. The van der Waals surface area contributed by atoms with Gasteiger partial charge in [-0.15, -0.1) is 0 Å². The van der Waals surface area contributed by atoms with Crippen LogP contribution in [0.4, 0.5) is 5.69 Å². The number of hydrogen-bond acceptors (Lipinski definition) is 4. The Labute approximate surface area is 146 Å². The van der Waals surface area contributed by atoms with Crippen LogP contribution in [0.1, 0.15) is 29.3 Å². The molecule has 25 heavy (non-hydrogen) atoms. The summed E-state index contributed by atoms with van der Waals surface area (Å²) in [7, 11) is 0. The van der Waals surface area contributed by atoms with Gasteiger partial charge in [0.2, 0.25) is 11.8 Å². The molecule has 6 nitrogen and oxygen atoms in total. The Morgan fingerprint density at radius 1 is 0.920 bits per heavy atom. The molecule has 6 heteroatoms. The molecule has 0 radical (unpaired) electrons. The monoisotopic (exact) mass is 340 g/mol. The molecular weight excluding hydrogens is 320 g/mol. The van der Waals surface area contributed by atoms with Crippen molar-refractivity contribution in [3.63, 3.8) is 0 Å². The second kappa shape index (κ2) is 9.22. The van der Waals surface area contributed by atoms with Gasteiger partial charge in [0.25, 0.3) is 0 Å². The molecule has 2 amide bonds. The molecule has 0 atom stereocenters. The van der Waals surface area contributed by atoms with Gasteiger partial charge in [-0.1, -0.05) is 30.3 Å². The number of carbonyl (C=O) groups excluding carboxylic acids is 3. The fraction of sp³-hybridized carbons (Fsp3) is 0.211. The number of nitrogens with one attached hydrogen (secondary N) is 2. The van der Waals surface area contributed by atoms with Crippen molar-refractivity contribution >= 4 is 23.5 Å². The van der Waals surface area contributed by atoms with Crippen molar-refractivity contribution in [2.24, 2.45) is 0 Å². The van der Waals surface area contributed by atoms with Gasteiger partial charge in [0.15, 0.2) is 0 Å². The summed E-state index contributed by atoms with van der Waals surface area (Å²) in [5, 5.41) is 5.31. The highest BCUT2D eigenvalue weighted by molar-refractivity contribution is 6.03. The van der Waals surface area contributed by atoms with Crippen molar-refractivity contribution in [3.8, 4) is 0 Å². The van der Waals surface area contributed by atoms with E-state index in [0.717, 1.165) is 5.56 Å². The van der Waals surface area contributed by atoms with E-state index in [1.807, 2.05) is 30.3 Å². The first kappa shape index (κ1) is 18.2. The molecule has 2 N–H and O–H groups in total. The van der Waals surface area contributed by atoms with Gasteiger partial charge in [0.05, 0.1) is 12.2 Å². The number of carbonyl (C=O) groups is 3. The number of hydrogen-bond donors (Lipinski definition) is 2.